The SMILES string of the molecule is C=C(C)[C@@H]1CCC(CO)=CC1c1c(OC)cc(C(C)(C)CCCCCC)cc1OC. The van der Waals surface area contributed by atoms with E-state index in [-0.39, 0.29) is 17.9 Å². The van der Waals surface area contributed by atoms with Crippen molar-refractivity contribution in [3.05, 3.63) is 47.1 Å². The van der Waals surface area contributed by atoms with Crippen molar-refractivity contribution in [2.24, 2.45) is 5.92 Å². The van der Waals surface area contributed by atoms with Crippen molar-refractivity contribution in [1.82, 2.24) is 0 Å². The third-order valence-electron chi connectivity index (χ3n) is 6.78. The van der Waals surface area contributed by atoms with E-state index >= 15 is 0 Å². The van der Waals surface area contributed by atoms with E-state index in [0.717, 1.165) is 47.5 Å². The van der Waals surface area contributed by atoms with Gasteiger partial charge in [0.25, 0.3) is 0 Å². The Hall–Kier alpha value is -1.74. The van der Waals surface area contributed by atoms with E-state index in [0.29, 0.717) is 5.92 Å². The Balaban J connectivity index is 2.49. The first kappa shape index (κ1) is 24.5. The summed E-state index contributed by atoms with van der Waals surface area (Å²) >= 11 is 0. The molecule has 0 radical (unpaired) electrons. The van der Waals surface area contributed by atoms with Crippen LogP contribution in [-0.2, 0) is 5.41 Å². The maximum atomic E-state index is 9.75. The summed E-state index contributed by atoms with van der Waals surface area (Å²) in [6, 6.07) is 4.41. The second-order valence-electron chi connectivity index (χ2n) is 9.49. The van der Waals surface area contributed by atoms with Gasteiger partial charge in [-0.25, -0.2) is 0 Å². The lowest BCUT2D eigenvalue weighted by atomic mass is 9.72. The van der Waals surface area contributed by atoms with Gasteiger partial charge in [0.05, 0.1) is 20.8 Å². The summed E-state index contributed by atoms with van der Waals surface area (Å²) in [5.74, 6) is 2.16. The first-order valence-electron chi connectivity index (χ1n) is 11.5. The molecule has 0 amide bonds. The summed E-state index contributed by atoms with van der Waals surface area (Å²) in [7, 11) is 3.48. The minimum atomic E-state index is 0.0548. The number of methoxy groups -OCH3 is 2. The number of ether oxygens (including phenoxy) is 2. The molecule has 3 nitrogen and oxygen atoms in total. The van der Waals surface area contributed by atoms with Gasteiger partial charge in [-0.3, -0.25) is 0 Å². The maximum absolute atomic E-state index is 9.75. The summed E-state index contributed by atoms with van der Waals surface area (Å²) in [5, 5.41) is 9.75. The molecule has 0 aromatic heterocycles. The van der Waals surface area contributed by atoms with Crippen LogP contribution in [0.1, 0.15) is 89.7 Å². The number of hydrogen-bond donors (Lipinski definition) is 1. The molecule has 1 aromatic rings. The molecule has 0 bridgehead atoms. The van der Waals surface area contributed by atoms with E-state index in [4.69, 9.17) is 9.47 Å². The molecule has 0 saturated carbocycles. The van der Waals surface area contributed by atoms with E-state index in [2.05, 4.69) is 52.5 Å². The molecule has 30 heavy (non-hydrogen) atoms. The Morgan fingerprint density at radius 3 is 2.27 bits per heavy atom. The Bertz CT molecular complexity index is 719. The summed E-state index contributed by atoms with van der Waals surface area (Å²) < 4.78 is 11.8. The zero-order chi connectivity index (χ0) is 22.3. The minimum absolute atomic E-state index is 0.0548. The third kappa shape index (κ3) is 5.69. The molecule has 2 rings (SSSR count). The lowest BCUT2D eigenvalue weighted by Gasteiger charge is -2.34. The molecule has 0 aliphatic heterocycles. The zero-order valence-electron chi connectivity index (χ0n) is 20.0. The van der Waals surface area contributed by atoms with Crippen LogP contribution in [0.4, 0.5) is 0 Å². The molecular formula is C27H42O3. The number of allylic oxidation sites excluding steroid dienone is 2. The van der Waals surface area contributed by atoms with E-state index in [1.54, 1.807) is 14.2 Å². The average Bonchev–Trinajstić information content (AvgIpc) is 2.75. The van der Waals surface area contributed by atoms with Crippen molar-refractivity contribution >= 4 is 0 Å². The molecule has 1 unspecified atom stereocenters. The van der Waals surface area contributed by atoms with Gasteiger partial charge >= 0.3 is 0 Å². The average molecular weight is 415 g/mol. The van der Waals surface area contributed by atoms with Gasteiger partial charge in [0, 0.05) is 11.5 Å². The number of hydrogen-bond acceptors (Lipinski definition) is 3. The summed E-state index contributed by atoms with van der Waals surface area (Å²) in [6.45, 7) is 13.3. The predicted molar refractivity (Wildman–Crippen MR) is 127 cm³/mol. The van der Waals surface area contributed by atoms with Crippen LogP contribution in [0.2, 0.25) is 0 Å². The van der Waals surface area contributed by atoms with Crippen molar-refractivity contribution in [2.45, 2.75) is 84.0 Å². The smallest absolute Gasteiger partial charge is 0.126 e. The molecule has 0 spiro atoms. The second-order valence-corrected chi connectivity index (χ2v) is 9.49. The topological polar surface area (TPSA) is 38.7 Å². The van der Waals surface area contributed by atoms with Crippen molar-refractivity contribution in [1.29, 1.82) is 0 Å². The molecule has 1 N–H and O–H groups in total. The van der Waals surface area contributed by atoms with Gasteiger partial charge in [-0.2, -0.15) is 0 Å². The summed E-state index contributed by atoms with van der Waals surface area (Å²) in [6.07, 6.45) is 10.3. The van der Waals surface area contributed by atoms with Crippen molar-refractivity contribution in [3.63, 3.8) is 0 Å². The quantitative estimate of drug-likeness (QED) is 0.315. The fraction of sp³-hybridized carbons (Fsp3) is 0.630. The van der Waals surface area contributed by atoms with Crippen LogP contribution in [-0.4, -0.2) is 25.9 Å². The number of benzene rings is 1. The summed E-state index contributed by atoms with van der Waals surface area (Å²) in [4.78, 5) is 0. The van der Waals surface area contributed by atoms with E-state index in [1.165, 1.54) is 31.2 Å². The van der Waals surface area contributed by atoms with Gasteiger partial charge in [-0.15, -0.1) is 0 Å². The largest absolute Gasteiger partial charge is 0.496 e. The molecule has 168 valence electrons. The maximum Gasteiger partial charge on any atom is 0.126 e. The normalized spacial score (nSPS) is 19.4. The van der Waals surface area contributed by atoms with Crippen LogP contribution in [0.15, 0.2) is 35.9 Å². The van der Waals surface area contributed by atoms with E-state index in [9.17, 15) is 5.11 Å². The molecule has 0 heterocycles. The number of aliphatic hydroxyl groups excluding tert-OH is 1. The molecule has 1 aromatic carbocycles. The molecule has 0 saturated heterocycles. The Labute approximate surface area is 184 Å². The van der Waals surface area contributed by atoms with Crippen LogP contribution < -0.4 is 9.47 Å². The highest BCUT2D eigenvalue weighted by Crippen LogP contribution is 2.48. The van der Waals surface area contributed by atoms with E-state index in [1.807, 2.05) is 0 Å². The fourth-order valence-corrected chi connectivity index (χ4v) is 4.74. The molecule has 1 aliphatic carbocycles. The zero-order valence-corrected chi connectivity index (χ0v) is 20.0. The highest BCUT2D eigenvalue weighted by Gasteiger charge is 2.33. The number of unbranched alkanes of at least 4 members (excludes halogenated alkanes) is 3. The molecule has 1 aliphatic rings. The van der Waals surface area contributed by atoms with Crippen LogP contribution in [0.25, 0.3) is 0 Å². The van der Waals surface area contributed by atoms with Gasteiger partial charge in [0.1, 0.15) is 11.5 Å². The Morgan fingerprint density at radius 2 is 1.77 bits per heavy atom. The predicted octanol–water partition coefficient (Wildman–Crippen LogP) is 6.94. The first-order valence-corrected chi connectivity index (χ1v) is 11.5. The van der Waals surface area contributed by atoms with Crippen molar-refractivity contribution < 1.29 is 14.6 Å². The first-order chi connectivity index (χ1) is 14.3. The number of aliphatic hydroxyl groups is 1. The minimum Gasteiger partial charge on any atom is -0.496 e. The standard InChI is InChI=1S/C27H42O3/c1-8-9-10-11-14-27(4,5)21-16-24(29-6)26(25(17-21)30-7)23-15-20(18-28)12-13-22(23)19(2)3/h15-17,22-23,28H,2,8-14,18H2,1,3-7H3/t22-,23?/m0/s1. The Kier molecular flexibility index (Phi) is 9.03. The lowest BCUT2D eigenvalue weighted by molar-refractivity contribution is 0.313. The van der Waals surface area contributed by atoms with Crippen LogP contribution in [0.3, 0.4) is 0 Å². The van der Waals surface area contributed by atoms with Gasteiger partial charge in [0.2, 0.25) is 0 Å². The Morgan fingerprint density at radius 1 is 1.13 bits per heavy atom. The third-order valence-corrected chi connectivity index (χ3v) is 6.78. The highest BCUT2D eigenvalue weighted by atomic mass is 16.5. The van der Waals surface area contributed by atoms with Gasteiger partial charge in [-0.1, -0.05) is 64.7 Å². The van der Waals surface area contributed by atoms with Crippen molar-refractivity contribution in [3.8, 4) is 11.5 Å². The second kappa shape index (κ2) is 11.0. The highest BCUT2D eigenvalue weighted by molar-refractivity contribution is 5.54. The van der Waals surface area contributed by atoms with Crippen LogP contribution in [0.5, 0.6) is 11.5 Å². The van der Waals surface area contributed by atoms with Crippen LogP contribution >= 0.6 is 0 Å². The molecular weight excluding hydrogens is 372 g/mol. The van der Waals surface area contributed by atoms with Gasteiger partial charge in [0.15, 0.2) is 0 Å². The van der Waals surface area contributed by atoms with Gasteiger partial charge in [-0.05, 0) is 60.8 Å². The van der Waals surface area contributed by atoms with Gasteiger partial charge < -0.3 is 14.6 Å². The van der Waals surface area contributed by atoms with E-state index < -0.39 is 0 Å². The molecule has 3 heteroatoms. The van der Waals surface area contributed by atoms with Crippen molar-refractivity contribution in [2.75, 3.05) is 20.8 Å². The number of rotatable bonds is 11. The lowest BCUT2D eigenvalue weighted by Crippen LogP contribution is -2.21. The molecule has 2 atom stereocenters. The molecule has 0 fully saturated rings. The fourth-order valence-electron chi connectivity index (χ4n) is 4.74. The summed E-state index contributed by atoms with van der Waals surface area (Å²) in [5.41, 5.74) is 4.63. The van der Waals surface area contributed by atoms with Crippen LogP contribution in [0, 0.1) is 5.92 Å². The monoisotopic (exact) mass is 414 g/mol.